The molecule has 0 aliphatic carbocycles. The van der Waals surface area contributed by atoms with Gasteiger partial charge in [0, 0.05) is 11.9 Å². The molecule has 0 unspecified atom stereocenters. The van der Waals surface area contributed by atoms with Crippen molar-refractivity contribution < 1.29 is 0 Å². The maximum atomic E-state index is 12.6. The van der Waals surface area contributed by atoms with E-state index < -0.39 is 0 Å². The smallest absolute Gasteiger partial charge is 0.274 e. The van der Waals surface area contributed by atoms with Gasteiger partial charge in [-0.25, -0.2) is 4.68 Å². The van der Waals surface area contributed by atoms with Crippen molar-refractivity contribution in [2.45, 2.75) is 13.0 Å². The van der Waals surface area contributed by atoms with Crippen LogP contribution in [0.1, 0.15) is 6.42 Å². The zero-order valence-corrected chi connectivity index (χ0v) is 13.6. The largest absolute Gasteiger partial charge is 0.309 e. The molecule has 0 aliphatic heterocycles. The molecule has 0 atom stereocenters. The molecule has 0 amide bonds. The molecular weight excluding hydrogens is 294 g/mol. The van der Waals surface area contributed by atoms with Gasteiger partial charge in [-0.15, -0.1) is 11.3 Å². The van der Waals surface area contributed by atoms with E-state index in [-0.39, 0.29) is 5.56 Å². The maximum absolute atomic E-state index is 12.6. The molecule has 1 aromatic carbocycles. The molecule has 3 aromatic rings. The van der Waals surface area contributed by atoms with Gasteiger partial charge in [-0.2, -0.15) is 5.10 Å². The molecule has 5 heteroatoms. The number of thiophene rings is 1. The number of aromatic nitrogens is 2. The highest BCUT2D eigenvalue weighted by Crippen LogP contribution is 2.28. The lowest BCUT2D eigenvalue weighted by molar-refractivity contribution is 0.378. The average Bonchev–Trinajstić information content (AvgIpc) is 3.03. The minimum atomic E-state index is -0.00494. The molecule has 0 radical (unpaired) electrons. The highest BCUT2D eigenvalue weighted by Gasteiger charge is 2.12. The highest BCUT2D eigenvalue weighted by atomic mass is 32.1. The molecule has 0 spiro atoms. The highest BCUT2D eigenvalue weighted by molar-refractivity contribution is 7.13. The summed E-state index contributed by atoms with van der Waals surface area (Å²) < 4.78 is 1.61. The second-order valence-electron chi connectivity index (χ2n) is 5.56. The Morgan fingerprint density at radius 3 is 2.59 bits per heavy atom. The lowest BCUT2D eigenvalue weighted by Crippen LogP contribution is -2.25. The summed E-state index contributed by atoms with van der Waals surface area (Å²) in [6.07, 6.45) is 0.905. The van der Waals surface area contributed by atoms with Gasteiger partial charge < -0.3 is 4.90 Å². The summed E-state index contributed by atoms with van der Waals surface area (Å²) in [5.74, 6) is 0. The first-order chi connectivity index (χ1) is 10.7. The monoisotopic (exact) mass is 313 g/mol. The SMILES string of the molecule is CN(C)CCCn1nc(-c2cccs2)c2ccccc2c1=O. The van der Waals surface area contributed by atoms with Gasteiger partial charge in [0.25, 0.3) is 5.56 Å². The fourth-order valence-corrected chi connectivity index (χ4v) is 3.24. The normalized spacial score (nSPS) is 11.4. The molecule has 0 fully saturated rings. The van der Waals surface area contributed by atoms with E-state index in [0.29, 0.717) is 6.54 Å². The number of nitrogens with zero attached hydrogens (tertiary/aromatic N) is 3. The minimum absolute atomic E-state index is 0.00494. The van der Waals surface area contributed by atoms with Crippen LogP contribution in [0.25, 0.3) is 21.3 Å². The van der Waals surface area contributed by atoms with Gasteiger partial charge >= 0.3 is 0 Å². The molecule has 0 saturated carbocycles. The lowest BCUT2D eigenvalue weighted by atomic mass is 10.1. The summed E-state index contributed by atoms with van der Waals surface area (Å²) in [7, 11) is 4.07. The maximum Gasteiger partial charge on any atom is 0.274 e. The van der Waals surface area contributed by atoms with Crippen LogP contribution in [0.5, 0.6) is 0 Å². The Hall–Kier alpha value is -1.98. The van der Waals surface area contributed by atoms with Crippen LogP contribution in [0.3, 0.4) is 0 Å². The fraction of sp³-hybridized carbons (Fsp3) is 0.294. The van der Waals surface area contributed by atoms with E-state index in [1.807, 2.05) is 55.9 Å². The molecule has 4 nitrogen and oxygen atoms in total. The average molecular weight is 313 g/mol. The molecule has 114 valence electrons. The zero-order chi connectivity index (χ0) is 15.5. The van der Waals surface area contributed by atoms with E-state index in [1.165, 1.54) is 0 Å². The number of benzene rings is 1. The first-order valence-corrected chi connectivity index (χ1v) is 8.23. The van der Waals surface area contributed by atoms with Crippen LogP contribution in [0, 0.1) is 0 Å². The number of aryl methyl sites for hydroxylation is 1. The van der Waals surface area contributed by atoms with Crippen LogP contribution >= 0.6 is 11.3 Å². The summed E-state index contributed by atoms with van der Waals surface area (Å²) in [5.41, 5.74) is 0.893. The third kappa shape index (κ3) is 2.96. The number of fused-ring (bicyclic) bond motifs is 1. The van der Waals surface area contributed by atoms with Gasteiger partial charge in [-0.1, -0.05) is 24.3 Å². The molecule has 0 aliphatic rings. The number of hydrogen-bond donors (Lipinski definition) is 0. The fourth-order valence-electron chi connectivity index (χ4n) is 2.52. The molecule has 0 saturated heterocycles. The van der Waals surface area contributed by atoms with E-state index in [2.05, 4.69) is 10.00 Å². The van der Waals surface area contributed by atoms with E-state index in [1.54, 1.807) is 16.0 Å². The summed E-state index contributed by atoms with van der Waals surface area (Å²) >= 11 is 1.65. The van der Waals surface area contributed by atoms with Gasteiger partial charge in [0.2, 0.25) is 0 Å². The zero-order valence-electron chi connectivity index (χ0n) is 12.8. The van der Waals surface area contributed by atoms with E-state index in [0.717, 1.165) is 34.3 Å². The van der Waals surface area contributed by atoms with Crippen molar-refractivity contribution in [1.29, 1.82) is 0 Å². The Kier molecular flexibility index (Phi) is 4.36. The van der Waals surface area contributed by atoms with Crippen molar-refractivity contribution in [1.82, 2.24) is 14.7 Å². The molecule has 22 heavy (non-hydrogen) atoms. The number of hydrogen-bond acceptors (Lipinski definition) is 4. The minimum Gasteiger partial charge on any atom is -0.309 e. The Bertz CT molecular complexity index is 822. The topological polar surface area (TPSA) is 38.1 Å². The molecular formula is C17H19N3OS. The first-order valence-electron chi connectivity index (χ1n) is 7.35. The Morgan fingerprint density at radius 1 is 1.14 bits per heavy atom. The Labute approximate surface area is 133 Å². The molecule has 0 N–H and O–H groups in total. The second-order valence-corrected chi connectivity index (χ2v) is 6.50. The van der Waals surface area contributed by atoms with Gasteiger partial charge in [-0.05, 0) is 44.6 Å². The molecule has 2 aromatic heterocycles. The Morgan fingerprint density at radius 2 is 1.91 bits per heavy atom. The predicted octanol–water partition coefficient (Wildman–Crippen LogP) is 3.08. The van der Waals surface area contributed by atoms with Crippen molar-refractivity contribution in [2.75, 3.05) is 20.6 Å². The van der Waals surface area contributed by atoms with Gasteiger partial charge in [0.1, 0.15) is 5.69 Å². The second kappa shape index (κ2) is 6.42. The Balaban J connectivity index is 2.09. The summed E-state index contributed by atoms with van der Waals surface area (Å²) in [5, 5.41) is 8.34. The van der Waals surface area contributed by atoms with Crippen molar-refractivity contribution in [2.24, 2.45) is 0 Å². The standard InChI is InChI=1S/C17H19N3OS/c1-19(2)10-6-11-20-17(21)14-8-4-3-7-13(14)16(18-20)15-9-5-12-22-15/h3-5,7-9,12H,6,10-11H2,1-2H3. The predicted molar refractivity (Wildman–Crippen MR) is 92.5 cm³/mol. The van der Waals surface area contributed by atoms with Crippen molar-refractivity contribution >= 4 is 22.1 Å². The first kappa shape index (κ1) is 14.9. The summed E-state index contributed by atoms with van der Waals surface area (Å²) in [6.45, 7) is 1.58. The third-order valence-electron chi connectivity index (χ3n) is 3.60. The van der Waals surface area contributed by atoms with Gasteiger partial charge in [0.05, 0.1) is 10.3 Å². The van der Waals surface area contributed by atoms with Gasteiger partial charge in [-0.3, -0.25) is 4.79 Å². The van der Waals surface area contributed by atoms with Crippen LogP contribution in [-0.2, 0) is 6.54 Å². The quantitative estimate of drug-likeness (QED) is 0.726. The van der Waals surface area contributed by atoms with Crippen molar-refractivity contribution in [3.63, 3.8) is 0 Å². The van der Waals surface area contributed by atoms with Crippen LogP contribution in [0.2, 0.25) is 0 Å². The molecule has 0 bridgehead atoms. The van der Waals surface area contributed by atoms with Crippen molar-refractivity contribution in [3.8, 4) is 10.6 Å². The van der Waals surface area contributed by atoms with E-state index in [9.17, 15) is 4.79 Å². The number of rotatable bonds is 5. The van der Waals surface area contributed by atoms with Crippen LogP contribution in [0.15, 0.2) is 46.6 Å². The summed E-state index contributed by atoms with van der Waals surface area (Å²) in [6, 6.07) is 11.8. The molecule has 3 rings (SSSR count). The van der Waals surface area contributed by atoms with Crippen LogP contribution in [-0.4, -0.2) is 35.3 Å². The van der Waals surface area contributed by atoms with Crippen molar-refractivity contribution in [3.05, 3.63) is 52.1 Å². The lowest BCUT2D eigenvalue weighted by Gasteiger charge is -2.12. The van der Waals surface area contributed by atoms with E-state index in [4.69, 9.17) is 0 Å². The van der Waals surface area contributed by atoms with Gasteiger partial charge in [0.15, 0.2) is 0 Å². The molecule has 2 heterocycles. The van der Waals surface area contributed by atoms with Crippen LogP contribution in [0.4, 0.5) is 0 Å². The van der Waals surface area contributed by atoms with Crippen LogP contribution < -0.4 is 5.56 Å². The van der Waals surface area contributed by atoms with E-state index >= 15 is 0 Å². The third-order valence-corrected chi connectivity index (χ3v) is 4.47. The summed E-state index contributed by atoms with van der Waals surface area (Å²) in [4.78, 5) is 15.8.